The summed E-state index contributed by atoms with van der Waals surface area (Å²) in [6, 6.07) is 10.3. The van der Waals surface area contributed by atoms with Crippen molar-refractivity contribution in [2.24, 2.45) is 5.92 Å². The van der Waals surface area contributed by atoms with E-state index in [9.17, 15) is 9.59 Å². The quantitative estimate of drug-likeness (QED) is 0.822. The van der Waals surface area contributed by atoms with Gasteiger partial charge in [-0.25, -0.2) is 4.79 Å². The third-order valence-electron chi connectivity index (χ3n) is 4.27. The van der Waals surface area contributed by atoms with Gasteiger partial charge in [0.25, 0.3) is 0 Å². The molecule has 2 heterocycles. The van der Waals surface area contributed by atoms with Gasteiger partial charge < -0.3 is 5.32 Å². The molecule has 2 aromatic rings. The minimum absolute atomic E-state index is 0.0128. The van der Waals surface area contributed by atoms with Crippen LogP contribution in [-0.4, -0.2) is 40.6 Å². The Kier molecular flexibility index (Phi) is 5.43. The van der Waals surface area contributed by atoms with E-state index in [4.69, 9.17) is 0 Å². The predicted molar refractivity (Wildman–Crippen MR) is 88.3 cm³/mol. The third kappa shape index (κ3) is 4.55. The van der Waals surface area contributed by atoms with Crippen LogP contribution >= 0.6 is 0 Å². The first-order chi connectivity index (χ1) is 11.7. The van der Waals surface area contributed by atoms with E-state index in [1.54, 1.807) is 0 Å². The molecule has 128 valence electrons. The molecule has 1 amide bonds. The highest BCUT2D eigenvalue weighted by Crippen LogP contribution is 2.18. The number of piperidine rings is 1. The van der Waals surface area contributed by atoms with Crippen LogP contribution in [0.5, 0.6) is 0 Å². The highest BCUT2D eigenvalue weighted by atomic mass is 16.5. The lowest BCUT2D eigenvalue weighted by Crippen LogP contribution is -2.43. The van der Waals surface area contributed by atoms with Gasteiger partial charge in [0.2, 0.25) is 5.91 Å². The zero-order chi connectivity index (χ0) is 16.8. The Balaban J connectivity index is 1.45. The topological polar surface area (TPSA) is 91.2 Å². The average molecular weight is 330 g/mol. The first kappa shape index (κ1) is 16.4. The molecule has 1 unspecified atom stereocenters. The maximum Gasteiger partial charge on any atom is 0.438 e. The Labute approximate surface area is 140 Å². The second kappa shape index (κ2) is 7.92. The van der Waals surface area contributed by atoms with E-state index < -0.39 is 5.76 Å². The van der Waals surface area contributed by atoms with Crippen molar-refractivity contribution >= 4 is 5.91 Å². The van der Waals surface area contributed by atoms with Crippen LogP contribution in [0.2, 0.25) is 0 Å². The van der Waals surface area contributed by atoms with Crippen molar-refractivity contribution in [1.29, 1.82) is 0 Å². The fourth-order valence-electron chi connectivity index (χ4n) is 3.07. The lowest BCUT2D eigenvalue weighted by molar-refractivity contribution is -0.126. The lowest BCUT2D eigenvalue weighted by atomic mass is 9.96. The largest absolute Gasteiger partial charge is 0.438 e. The van der Waals surface area contributed by atoms with E-state index >= 15 is 0 Å². The molecule has 0 aliphatic carbocycles. The molecular weight excluding hydrogens is 308 g/mol. The summed E-state index contributed by atoms with van der Waals surface area (Å²) in [5.41, 5.74) is 1.27. The van der Waals surface area contributed by atoms with E-state index in [2.05, 4.69) is 37.0 Å². The lowest BCUT2D eigenvalue weighted by Gasteiger charge is -2.32. The van der Waals surface area contributed by atoms with Crippen molar-refractivity contribution in [2.75, 3.05) is 19.6 Å². The van der Waals surface area contributed by atoms with Crippen LogP contribution in [0.25, 0.3) is 0 Å². The molecule has 7 nitrogen and oxygen atoms in total. The van der Waals surface area contributed by atoms with Gasteiger partial charge >= 0.3 is 5.76 Å². The summed E-state index contributed by atoms with van der Waals surface area (Å²) in [5.74, 6) is -0.0350. The van der Waals surface area contributed by atoms with Crippen LogP contribution in [0.4, 0.5) is 0 Å². The molecule has 0 saturated carbocycles. The number of aromatic nitrogens is 2. The fraction of sp³-hybridized carbons (Fsp3) is 0.471. The monoisotopic (exact) mass is 330 g/mol. The van der Waals surface area contributed by atoms with Crippen LogP contribution in [-0.2, 0) is 17.8 Å². The summed E-state index contributed by atoms with van der Waals surface area (Å²) in [6.07, 6.45) is 2.40. The Morgan fingerprint density at radius 1 is 1.38 bits per heavy atom. The van der Waals surface area contributed by atoms with Crippen LogP contribution < -0.4 is 11.1 Å². The van der Waals surface area contributed by atoms with E-state index in [-0.39, 0.29) is 11.8 Å². The van der Waals surface area contributed by atoms with Crippen LogP contribution in [0.1, 0.15) is 24.2 Å². The summed E-state index contributed by atoms with van der Waals surface area (Å²) >= 11 is 0. The molecule has 0 bridgehead atoms. The SMILES string of the molecule is O=C(NCCc1noc(=O)[nH]1)C1CCCN(Cc2ccccc2)C1. The van der Waals surface area contributed by atoms with Gasteiger partial charge in [-0.2, -0.15) is 0 Å². The van der Waals surface area contributed by atoms with E-state index in [0.29, 0.717) is 18.8 Å². The van der Waals surface area contributed by atoms with Crippen LogP contribution in [0.15, 0.2) is 39.6 Å². The number of carbonyl (C=O) groups excluding carboxylic acids is 1. The third-order valence-corrected chi connectivity index (χ3v) is 4.27. The first-order valence-corrected chi connectivity index (χ1v) is 8.29. The molecule has 1 aromatic heterocycles. The van der Waals surface area contributed by atoms with Crippen molar-refractivity contribution in [3.8, 4) is 0 Å². The molecule has 1 saturated heterocycles. The summed E-state index contributed by atoms with van der Waals surface area (Å²) in [5, 5.41) is 6.51. The summed E-state index contributed by atoms with van der Waals surface area (Å²) in [7, 11) is 0. The predicted octanol–water partition coefficient (Wildman–Crippen LogP) is 0.934. The number of rotatable bonds is 6. The number of hydrogen-bond acceptors (Lipinski definition) is 5. The van der Waals surface area contributed by atoms with Crippen molar-refractivity contribution in [3.63, 3.8) is 0 Å². The Morgan fingerprint density at radius 2 is 2.21 bits per heavy atom. The van der Waals surface area contributed by atoms with Crippen LogP contribution in [0.3, 0.4) is 0 Å². The summed E-state index contributed by atoms with van der Waals surface area (Å²) in [4.78, 5) is 28.0. The molecule has 1 fully saturated rings. The number of carbonyl (C=O) groups is 1. The normalized spacial score (nSPS) is 18.4. The number of likely N-dealkylation sites (tertiary alicyclic amines) is 1. The van der Waals surface area contributed by atoms with Crippen molar-refractivity contribution in [3.05, 3.63) is 52.3 Å². The maximum absolute atomic E-state index is 12.3. The molecule has 1 aliphatic heterocycles. The molecule has 1 atom stereocenters. The molecule has 0 radical (unpaired) electrons. The van der Waals surface area contributed by atoms with E-state index in [1.165, 1.54) is 5.56 Å². The van der Waals surface area contributed by atoms with Gasteiger partial charge in [0.1, 0.15) is 0 Å². The Morgan fingerprint density at radius 3 is 2.96 bits per heavy atom. The van der Waals surface area contributed by atoms with Crippen molar-refractivity contribution in [2.45, 2.75) is 25.8 Å². The minimum Gasteiger partial charge on any atom is -0.355 e. The smallest absolute Gasteiger partial charge is 0.355 e. The van der Waals surface area contributed by atoms with Gasteiger partial charge in [0.15, 0.2) is 5.82 Å². The molecule has 0 spiro atoms. The number of nitrogens with zero attached hydrogens (tertiary/aromatic N) is 2. The zero-order valence-electron chi connectivity index (χ0n) is 13.5. The number of benzene rings is 1. The summed E-state index contributed by atoms with van der Waals surface area (Å²) < 4.78 is 4.43. The summed E-state index contributed by atoms with van der Waals surface area (Å²) in [6.45, 7) is 3.13. The molecule has 1 aliphatic rings. The number of aromatic amines is 1. The van der Waals surface area contributed by atoms with Gasteiger partial charge in [0, 0.05) is 26.1 Å². The van der Waals surface area contributed by atoms with Gasteiger partial charge in [0.05, 0.1) is 5.92 Å². The Bertz CT molecular complexity index is 710. The van der Waals surface area contributed by atoms with Crippen molar-refractivity contribution in [1.82, 2.24) is 20.4 Å². The number of hydrogen-bond donors (Lipinski definition) is 2. The average Bonchev–Trinajstić information content (AvgIpc) is 3.01. The number of amides is 1. The number of H-pyrrole nitrogens is 1. The molecule has 24 heavy (non-hydrogen) atoms. The fourth-order valence-corrected chi connectivity index (χ4v) is 3.07. The zero-order valence-corrected chi connectivity index (χ0v) is 13.5. The van der Waals surface area contributed by atoms with E-state index in [1.807, 2.05) is 18.2 Å². The van der Waals surface area contributed by atoms with Gasteiger partial charge in [-0.1, -0.05) is 35.5 Å². The van der Waals surface area contributed by atoms with Gasteiger partial charge in [-0.15, -0.1) is 0 Å². The maximum atomic E-state index is 12.3. The Hall–Kier alpha value is -2.41. The standard InChI is InChI=1S/C17H22N4O3/c22-16(18-9-8-15-19-17(23)24-20-15)14-7-4-10-21(12-14)11-13-5-2-1-3-6-13/h1-3,5-6,14H,4,7-12H2,(H,18,22)(H,19,20,23). The van der Waals surface area contributed by atoms with E-state index in [0.717, 1.165) is 32.5 Å². The first-order valence-electron chi connectivity index (χ1n) is 8.29. The van der Waals surface area contributed by atoms with Gasteiger partial charge in [-0.05, 0) is 24.9 Å². The molecule has 1 aromatic carbocycles. The van der Waals surface area contributed by atoms with Crippen LogP contribution in [0, 0.1) is 5.92 Å². The highest BCUT2D eigenvalue weighted by Gasteiger charge is 2.25. The molecule has 7 heteroatoms. The van der Waals surface area contributed by atoms with Gasteiger partial charge in [-0.3, -0.25) is 19.2 Å². The minimum atomic E-state index is -0.569. The molecule has 2 N–H and O–H groups in total. The second-order valence-corrected chi connectivity index (χ2v) is 6.14. The van der Waals surface area contributed by atoms with Crippen molar-refractivity contribution < 1.29 is 9.32 Å². The second-order valence-electron chi connectivity index (χ2n) is 6.14. The molecule has 3 rings (SSSR count). The highest BCUT2D eigenvalue weighted by molar-refractivity contribution is 5.78. The number of nitrogens with one attached hydrogen (secondary N) is 2. The molecular formula is C17H22N4O3.